The molecule has 1 saturated carbocycles. The number of nitrogens with one attached hydrogen (secondary N) is 1. The molecule has 0 aliphatic heterocycles. The molecule has 0 radical (unpaired) electrons. The number of rotatable bonds is 1. The quantitative estimate of drug-likeness (QED) is 0.768. The maximum absolute atomic E-state index is 12.3. The Kier molecular flexibility index (Phi) is 2.71. The second-order valence-electron chi connectivity index (χ2n) is 4.01. The van der Waals surface area contributed by atoms with E-state index in [0.717, 1.165) is 31.9 Å². The molecule has 0 unspecified atom stereocenters. The van der Waals surface area contributed by atoms with Gasteiger partial charge in [0.15, 0.2) is 0 Å². The lowest BCUT2D eigenvalue weighted by molar-refractivity contribution is -0.141. The van der Waals surface area contributed by atoms with Crippen LogP contribution in [0.5, 0.6) is 0 Å². The number of H-pyrrole nitrogens is 1. The molecule has 0 bridgehead atoms. The van der Waals surface area contributed by atoms with Gasteiger partial charge in [0.2, 0.25) is 0 Å². The van der Waals surface area contributed by atoms with Gasteiger partial charge in [-0.3, -0.25) is 0 Å². The van der Waals surface area contributed by atoms with Gasteiger partial charge in [0.05, 0.1) is 6.20 Å². The van der Waals surface area contributed by atoms with E-state index in [4.69, 9.17) is 0 Å². The number of aromatic amines is 1. The molecule has 1 aliphatic carbocycles. The largest absolute Gasteiger partial charge is 0.432 e. The first-order valence-electron chi connectivity index (χ1n) is 5.19. The minimum absolute atomic E-state index is 0.190. The molecule has 0 saturated heterocycles. The monoisotopic (exact) mass is 218 g/mol. The van der Waals surface area contributed by atoms with E-state index in [2.05, 4.69) is 9.97 Å². The minimum atomic E-state index is -4.31. The van der Waals surface area contributed by atoms with Crippen molar-refractivity contribution in [3.8, 4) is 0 Å². The highest BCUT2D eigenvalue weighted by atomic mass is 19.4. The molecular formula is C10H13F3N2. The van der Waals surface area contributed by atoms with E-state index in [9.17, 15) is 13.2 Å². The fourth-order valence-electron chi connectivity index (χ4n) is 2.06. The van der Waals surface area contributed by atoms with Gasteiger partial charge in [-0.05, 0) is 12.8 Å². The van der Waals surface area contributed by atoms with Gasteiger partial charge in [0.1, 0.15) is 11.5 Å². The summed E-state index contributed by atoms with van der Waals surface area (Å²) in [5, 5.41) is 0. The summed E-state index contributed by atoms with van der Waals surface area (Å²) in [4.78, 5) is 6.22. The number of hydrogen-bond acceptors (Lipinski definition) is 1. The Morgan fingerprint density at radius 3 is 2.40 bits per heavy atom. The molecule has 1 fully saturated rings. The standard InChI is InChI=1S/C10H13F3N2/c11-10(12,13)8-6-14-9(15-8)7-4-2-1-3-5-7/h6-7H,1-5H2,(H,14,15). The van der Waals surface area contributed by atoms with Crippen molar-refractivity contribution in [1.82, 2.24) is 9.97 Å². The smallest absolute Gasteiger partial charge is 0.338 e. The SMILES string of the molecule is FC(F)(F)c1cnc(C2CCCCC2)[nH]1. The van der Waals surface area contributed by atoms with E-state index in [1.54, 1.807) is 0 Å². The van der Waals surface area contributed by atoms with Crippen LogP contribution >= 0.6 is 0 Å². The number of halogens is 3. The Morgan fingerprint density at radius 1 is 1.20 bits per heavy atom. The van der Waals surface area contributed by atoms with E-state index >= 15 is 0 Å². The van der Waals surface area contributed by atoms with Gasteiger partial charge in [-0.25, -0.2) is 4.98 Å². The van der Waals surface area contributed by atoms with Gasteiger partial charge in [0.25, 0.3) is 0 Å². The maximum Gasteiger partial charge on any atom is 0.432 e. The van der Waals surface area contributed by atoms with Crippen LogP contribution in [0.25, 0.3) is 0 Å². The summed E-state index contributed by atoms with van der Waals surface area (Å²) in [5.74, 6) is 0.692. The molecule has 2 rings (SSSR count). The van der Waals surface area contributed by atoms with Crippen molar-refractivity contribution in [1.29, 1.82) is 0 Å². The Balaban J connectivity index is 2.12. The molecule has 0 spiro atoms. The number of nitrogens with zero attached hydrogens (tertiary/aromatic N) is 1. The van der Waals surface area contributed by atoms with Gasteiger partial charge in [-0.1, -0.05) is 19.3 Å². The molecule has 1 aliphatic rings. The molecule has 1 heterocycles. The van der Waals surface area contributed by atoms with Crippen molar-refractivity contribution in [2.24, 2.45) is 0 Å². The highest BCUT2D eigenvalue weighted by molar-refractivity contribution is 5.08. The van der Waals surface area contributed by atoms with E-state index < -0.39 is 11.9 Å². The average molecular weight is 218 g/mol. The van der Waals surface area contributed by atoms with Crippen LogP contribution in [0, 0.1) is 0 Å². The van der Waals surface area contributed by atoms with Gasteiger partial charge in [-0.2, -0.15) is 13.2 Å². The van der Waals surface area contributed by atoms with Gasteiger partial charge < -0.3 is 4.98 Å². The van der Waals surface area contributed by atoms with Crippen molar-refractivity contribution in [2.45, 2.75) is 44.2 Å². The fourth-order valence-corrected chi connectivity index (χ4v) is 2.06. The lowest BCUT2D eigenvalue weighted by atomic mass is 9.89. The zero-order valence-corrected chi connectivity index (χ0v) is 8.27. The zero-order chi connectivity index (χ0) is 10.9. The maximum atomic E-state index is 12.3. The van der Waals surface area contributed by atoms with Crippen LogP contribution < -0.4 is 0 Å². The Hall–Kier alpha value is -1.00. The molecule has 1 N–H and O–H groups in total. The lowest BCUT2D eigenvalue weighted by Gasteiger charge is -2.19. The summed E-state index contributed by atoms with van der Waals surface area (Å²) in [6.45, 7) is 0. The van der Waals surface area contributed by atoms with Gasteiger partial charge in [0, 0.05) is 5.92 Å². The van der Waals surface area contributed by atoms with Crippen LogP contribution in [0.2, 0.25) is 0 Å². The summed E-state index contributed by atoms with van der Waals surface area (Å²) >= 11 is 0. The summed E-state index contributed by atoms with van der Waals surface area (Å²) in [5.41, 5.74) is -0.733. The topological polar surface area (TPSA) is 28.7 Å². The number of aromatic nitrogens is 2. The van der Waals surface area contributed by atoms with Crippen molar-refractivity contribution in [3.63, 3.8) is 0 Å². The Morgan fingerprint density at radius 2 is 1.87 bits per heavy atom. The van der Waals surface area contributed by atoms with Crippen LogP contribution in [-0.2, 0) is 6.18 Å². The van der Waals surface area contributed by atoms with E-state index in [-0.39, 0.29) is 5.92 Å². The fraction of sp³-hybridized carbons (Fsp3) is 0.700. The predicted molar refractivity (Wildman–Crippen MR) is 49.4 cm³/mol. The lowest BCUT2D eigenvalue weighted by Crippen LogP contribution is -2.08. The number of imidazole rings is 1. The van der Waals surface area contributed by atoms with Crippen molar-refractivity contribution in [2.75, 3.05) is 0 Å². The summed E-state index contributed by atoms with van der Waals surface area (Å²) < 4.78 is 36.9. The third kappa shape index (κ3) is 2.33. The van der Waals surface area contributed by atoms with Crippen LogP contribution in [-0.4, -0.2) is 9.97 Å². The van der Waals surface area contributed by atoms with Gasteiger partial charge in [-0.15, -0.1) is 0 Å². The van der Waals surface area contributed by atoms with E-state index in [1.807, 2.05) is 0 Å². The number of hydrogen-bond donors (Lipinski definition) is 1. The average Bonchev–Trinajstić information content (AvgIpc) is 2.67. The van der Waals surface area contributed by atoms with Crippen molar-refractivity contribution >= 4 is 0 Å². The van der Waals surface area contributed by atoms with Gasteiger partial charge >= 0.3 is 6.18 Å². The normalized spacial score (nSPS) is 19.4. The van der Waals surface area contributed by atoms with Crippen molar-refractivity contribution in [3.05, 3.63) is 17.7 Å². The molecule has 84 valence electrons. The molecule has 0 aromatic carbocycles. The first-order chi connectivity index (χ1) is 7.07. The summed E-state index contributed by atoms with van der Waals surface area (Å²) in [6.07, 6.45) is 1.85. The zero-order valence-electron chi connectivity index (χ0n) is 8.27. The highest BCUT2D eigenvalue weighted by Gasteiger charge is 2.33. The molecule has 2 nitrogen and oxygen atoms in total. The summed E-state index contributed by atoms with van der Waals surface area (Å²) in [7, 11) is 0. The third-order valence-corrected chi connectivity index (χ3v) is 2.89. The van der Waals surface area contributed by atoms with Crippen LogP contribution in [0.15, 0.2) is 6.20 Å². The first-order valence-corrected chi connectivity index (χ1v) is 5.19. The molecule has 1 aromatic heterocycles. The second-order valence-corrected chi connectivity index (χ2v) is 4.01. The molecule has 0 atom stereocenters. The second kappa shape index (κ2) is 3.87. The minimum Gasteiger partial charge on any atom is -0.338 e. The Labute approximate surface area is 85.9 Å². The molecule has 15 heavy (non-hydrogen) atoms. The van der Waals surface area contributed by atoms with Crippen LogP contribution in [0.1, 0.15) is 49.5 Å². The predicted octanol–water partition coefficient (Wildman–Crippen LogP) is 3.48. The van der Waals surface area contributed by atoms with E-state index in [1.165, 1.54) is 6.42 Å². The molecule has 5 heteroatoms. The molecule has 1 aromatic rings. The first kappa shape index (κ1) is 10.5. The number of alkyl halides is 3. The van der Waals surface area contributed by atoms with Crippen LogP contribution in [0.4, 0.5) is 13.2 Å². The van der Waals surface area contributed by atoms with Crippen LogP contribution in [0.3, 0.4) is 0 Å². The Bertz CT molecular complexity index is 324. The van der Waals surface area contributed by atoms with Crippen molar-refractivity contribution < 1.29 is 13.2 Å². The highest BCUT2D eigenvalue weighted by Crippen LogP contribution is 2.33. The third-order valence-electron chi connectivity index (χ3n) is 2.89. The molecular weight excluding hydrogens is 205 g/mol. The van der Waals surface area contributed by atoms with E-state index in [0.29, 0.717) is 5.82 Å². The summed E-state index contributed by atoms with van der Waals surface area (Å²) in [6, 6.07) is 0. The molecule has 0 amide bonds.